The first-order valence-electron chi connectivity index (χ1n) is 4.82. The number of carbonyl (C=O) groups excluding carboxylic acids is 2. The second kappa shape index (κ2) is 2.35. The van der Waals surface area contributed by atoms with Crippen molar-refractivity contribution in [2.24, 2.45) is 23.7 Å². The van der Waals surface area contributed by atoms with Gasteiger partial charge in [0.2, 0.25) is 11.8 Å². The van der Waals surface area contributed by atoms with Crippen LogP contribution >= 0.6 is 0 Å². The number of carbonyl (C=O) groups is 2. The van der Waals surface area contributed by atoms with Gasteiger partial charge in [-0.1, -0.05) is 0 Å². The Morgan fingerprint density at radius 2 is 1.43 bits per heavy atom. The van der Waals surface area contributed by atoms with Gasteiger partial charge in [0, 0.05) is 11.8 Å². The van der Waals surface area contributed by atoms with E-state index in [0.29, 0.717) is 6.42 Å². The van der Waals surface area contributed by atoms with E-state index < -0.39 is 24.0 Å². The number of nitrogens with one attached hydrogen (secondary N) is 1. The minimum atomic E-state index is -0.835. The molecule has 2 bridgehead atoms. The van der Waals surface area contributed by atoms with Gasteiger partial charge >= 0.3 is 0 Å². The normalized spacial score (nSPS) is 55.0. The predicted octanol–water partition coefficient (Wildman–Crippen LogP) is -1.75. The number of amides is 2. The molecular weight excluding hydrogens is 186 g/mol. The molecule has 1 heterocycles. The maximum absolute atomic E-state index is 11.4. The molecular formula is C9H11NO4. The smallest absolute Gasteiger partial charge is 0.230 e. The van der Waals surface area contributed by atoms with Crippen LogP contribution < -0.4 is 5.32 Å². The highest BCUT2D eigenvalue weighted by Gasteiger charge is 2.64. The number of fused-ring (bicyclic) bond motifs is 5. The lowest BCUT2D eigenvalue weighted by molar-refractivity contribution is -0.129. The van der Waals surface area contributed by atoms with Crippen LogP contribution in [0.4, 0.5) is 0 Å². The molecule has 0 unspecified atom stereocenters. The Bertz CT molecular complexity index is 299. The zero-order chi connectivity index (χ0) is 10.0. The summed E-state index contributed by atoms with van der Waals surface area (Å²) in [5.74, 6) is -1.81. The molecule has 2 amide bonds. The summed E-state index contributed by atoms with van der Waals surface area (Å²) in [4.78, 5) is 22.8. The predicted molar refractivity (Wildman–Crippen MR) is 43.7 cm³/mol. The average Bonchev–Trinajstić information content (AvgIpc) is 2.71. The van der Waals surface area contributed by atoms with Crippen molar-refractivity contribution >= 4 is 11.8 Å². The van der Waals surface area contributed by atoms with E-state index in [0.717, 1.165) is 0 Å². The van der Waals surface area contributed by atoms with Crippen LogP contribution in [0.3, 0.4) is 0 Å². The van der Waals surface area contributed by atoms with Gasteiger partial charge in [-0.2, -0.15) is 0 Å². The van der Waals surface area contributed by atoms with Crippen LogP contribution in [-0.4, -0.2) is 34.2 Å². The van der Waals surface area contributed by atoms with Crippen molar-refractivity contribution in [1.29, 1.82) is 0 Å². The number of aliphatic hydroxyl groups is 2. The van der Waals surface area contributed by atoms with Crippen molar-refractivity contribution in [2.75, 3.05) is 0 Å². The molecule has 2 saturated carbocycles. The molecule has 0 aromatic carbocycles. The van der Waals surface area contributed by atoms with E-state index in [1.165, 1.54) is 0 Å². The molecule has 2 aliphatic carbocycles. The molecule has 5 nitrogen and oxygen atoms in total. The lowest BCUT2D eigenvalue weighted by Crippen LogP contribution is -2.43. The second-order valence-electron chi connectivity index (χ2n) is 4.45. The maximum atomic E-state index is 11.4. The molecule has 0 aromatic rings. The second-order valence-corrected chi connectivity index (χ2v) is 4.45. The molecule has 0 aromatic heterocycles. The third-order valence-electron chi connectivity index (χ3n) is 3.93. The fraction of sp³-hybridized carbons (Fsp3) is 0.778. The highest BCUT2D eigenvalue weighted by Crippen LogP contribution is 2.54. The van der Waals surface area contributed by atoms with Crippen LogP contribution in [0.1, 0.15) is 6.42 Å². The van der Waals surface area contributed by atoms with Gasteiger partial charge in [0.25, 0.3) is 0 Å². The van der Waals surface area contributed by atoms with Crippen LogP contribution in [-0.2, 0) is 9.59 Å². The molecule has 3 fully saturated rings. The van der Waals surface area contributed by atoms with Crippen LogP contribution in [0.5, 0.6) is 0 Å². The first-order valence-corrected chi connectivity index (χ1v) is 4.82. The Morgan fingerprint density at radius 3 is 1.86 bits per heavy atom. The number of hydrogen-bond acceptors (Lipinski definition) is 4. The number of imide groups is 1. The minimum absolute atomic E-state index is 0.230. The van der Waals surface area contributed by atoms with Crippen molar-refractivity contribution < 1.29 is 19.8 Å². The standard InChI is InChI=1S/C9H11NO4/c11-6-2-1-3(7(6)12)5-4(2)8(13)10-9(5)14/h2-7,11-12H,1H2,(H,10,13,14)/t2-,3-,4-,5+,6+,7+/m1/s1. The number of aliphatic hydroxyl groups excluding tert-OH is 2. The largest absolute Gasteiger partial charge is 0.390 e. The summed E-state index contributed by atoms with van der Waals surface area (Å²) in [6.07, 6.45) is -1.08. The van der Waals surface area contributed by atoms with Crippen molar-refractivity contribution in [3.05, 3.63) is 0 Å². The van der Waals surface area contributed by atoms with Crippen molar-refractivity contribution in [2.45, 2.75) is 18.6 Å². The summed E-state index contributed by atoms with van der Waals surface area (Å²) in [7, 11) is 0. The molecule has 3 rings (SSSR count). The molecule has 1 aliphatic heterocycles. The van der Waals surface area contributed by atoms with Gasteiger partial charge < -0.3 is 10.2 Å². The molecule has 14 heavy (non-hydrogen) atoms. The van der Waals surface area contributed by atoms with Crippen LogP contribution in [0.2, 0.25) is 0 Å². The molecule has 0 spiro atoms. The Morgan fingerprint density at radius 1 is 1.00 bits per heavy atom. The fourth-order valence-electron chi connectivity index (χ4n) is 3.35. The van der Waals surface area contributed by atoms with Crippen molar-refractivity contribution in [3.63, 3.8) is 0 Å². The highest BCUT2D eigenvalue weighted by atomic mass is 16.3. The zero-order valence-electron chi connectivity index (χ0n) is 7.38. The zero-order valence-corrected chi connectivity index (χ0v) is 7.38. The van der Waals surface area contributed by atoms with Crippen molar-refractivity contribution in [3.8, 4) is 0 Å². The summed E-state index contributed by atoms with van der Waals surface area (Å²) in [6, 6.07) is 0. The lowest BCUT2D eigenvalue weighted by atomic mass is 9.78. The van der Waals surface area contributed by atoms with E-state index in [-0.39, 0.29) is 23.7 Å². The van der Waals surface area contributed by atoms with Gasteiger partial charge in [-0.15, -0.1) is 0 Å². The molecule has 0 radical (unpaired) electrons. The van der Waals surface area contributed by atoms with Crippen molar-refractivity contribution in [1.82, 2.24) is 5.32 Å². The monoisotopic (exact) mass is 197 g/mol. The maximum Gasteiger partial charge on any atom is 0.230 e. The summed E-state index contributed by atoms with van der Waals surface area (Å²) in [6.45, 7) is 0. The van der Waals surface area contributed by atoms with E-state index in [2.05, 4.69) is 5.32 Å². The molecule has 3 N–H and O–H groups in total. The van der Waals surface area contributed by atoms with Gasteiger partial charge in [-0.05, 0) is 6.42 Å². The quantitative estimate of drug-likeness (QED) is 0.402. The lowest BCUT2D eigenvalue weighted by Gasteiger charge is -2.29. The number of rotatable bonds is 0. The SMILES string of the molecule is O=C1NC(=O)[C@H]2[C@H]3C[C@@H]([C@H](O)[C@H]3O)[C@@H]12. The Balaban J connectivity index is 2.01. The van der Waals surface area contributed by atoms with Gasteiger partial charge in [-0.3, -0.25) is 14.9 Å². The molecule has 3 aliphatic rings. The molecule has 6 atom stereocenters. The third-order valence-corrected chi connectivity index (χ3v) is 3.93. The van der Waals surface area contributed by atoms with Gasteiger partial charge in [0.05, 0.1) is 24.0 Å². The van der Waals surface area contributed by atoms with E-state index in [4.69, 9.17) is 0 Å². The molecule has 1 saturated heterocycles. The minimum Gasteiger partial charge on any atom is -0.390 e. The van der Waals surface area contributed by atoms with E-state index >= 15 is 0 Å². The fourth-order valence-corrected chi connectivity index (χ4v) is 3.35. The third kappa shape index (κ3) is 0.734. The number of hydrogen-bond donors (Lipinski definition) is 3. The topological polar surface area (TPSA) is 86.6 Å². The Labute approximate surface area is 80.1 Å². The van der Waals surface area contributed by atoms with Gasteiger partial charge in [0.1, 0.15) is 0 Å². The average molecular weight is 197 g/mol. The Kier molecular flexibility index (Phi) is 1.41. The van der Waals surface area contributed by atoms with E-state index in [1.807, 2.05) is 0 Å². The first kappa shape index (κ1) is 8.38. The Hall–Kier alpha value is -0.940. The first-order chi connectivity index (χ1) is 6.61. The van der Waals surface area contributed by atoms with Crippen LogP contribution in [0.25, 0.3) is 0 Å². The summed E-state index contributed by atoms with van der Waals surface area (Å²) < 4.78 is 0. The molecule has 76 valence electrons. The van der Waals surface area contributed by atoms with E-state index in [9.17, 15) is 19.8 Å². The highest BCUT2D eigenvalue weighted by molar-refractivity contribution is 6.06. The summed E-state index contributed by atoms with van der Waals surface area (Å²) >= 11 is 0. The van der Waals surface area contributed by atoms with Crippen LogP contribution in [0.15, 0.2) is 0 Å². The van der Waals surface area contributed by atoms with Crippen LogP contribution in [0, 0.1) is 23.7 Å². The van der Waals surface area contributed by atoms with Gasteiger partial charge in [0.15, 0.2) is 0 Å². The summed E-state index contributed by atoms with van der Waals surface area (Å²) in [5.41, 5.74) is 0. The van der Waals surface area contributed by atoms with Gasteiger partial charge in [-0.25, -0.2) is 0 Å². The molecule has 5 heteroatoms. The summed E-state index contributed by atoms with van der Waals surface area (Å²) in [5, 5.41) is 21.5. The van der Waals surface area contributed by atoms with E-state index in [1.54, 1.807) is 0 Å².